The molecule has 13 heavy (non-hydrogen) atoms. The summed E-state index contributed by atoms with van der Waals surface area (Å²) in [4.78, 5) is 7.31. The summed E-state index contributed by atoms with van der Waals surface area (Å²) < 4.78 is 5.28. The highest BCUT2D eigenvalue weighted by atomic mass is 16.5. The number of hydrogen-bond acceptors (Lipinski definition) is 3. The predicted molar refractivity (Wildman–Crippen MR) is 50.7 cm³/mol. The third kappa shape index (κ3) is 2.21. The van der Waals surface area contributed by atoms with E-state index >= 15 is 0 Å². The van der Waals surface area contributed by atoms with Crippen LogP contribution in [0.1, 0.15) is 12.1 Å². The zero-order valence-electron chi connectivity index (χ0n) is 7.84. The maximum Gasteiger partial charge on any atom is 0.200 e. The normalized spacial score (nSPS) is 22.1. The molecule has 0 bridgehead atoms. The standard InChI is InChI=1S/C9H15N3O/c1-7-4-10-9(12-7)11-5-8-2-3-13-6-8/h4,8H,2-3,5-6H2,1H3,(H2,10,11,12). The molecule has 1 aromatic heterocycles. The van der Waals surface area contributed by atoms with Gasteiger partial charge in [0.25, 0.3) is 0 Å². The summed E-state index contributed by atoms with van der Waals surface area (Å²) in [6.45, 7) is 4.74. The molecule has 0 spiro atoms. The predicted octanol–water partition coefficient (Wildman–Crippen LogP) is 1.17. The van der Waals surface area contributed by atoms with Gasteiger partial charge in [-0.3, -0.25) is 0 Å². The summed E-state index contributed by atoms with van der Waals surface area (Å²) >= 11 is 0. The van der Waals surface area contributed by atoms with E-state index in [-0.39, 0.29) is 0 Å². The quantitative estimate of drug-likeness (QED) is 0.735. The Bertz CT molecular complexity index is 266. The minimum atomic E-state index is 0.644. The second-order valence-electron chi connectivity index (χ2n) is 3.53. The maximum atomic E-state index is 5.28. The largest absolute Gasteiger partial charge is 0.381 e. The molecule has 1 aliphatic rings. The Morgan fingerprint density at radius 2 is 2.69 bits per heavy atom. The number of rotatable bonds is 3. The number of aryl methyl sites for hydroxylation is 1. The molecule has 4 nitrogen and oxygen atoms in total. The first-order valence-corrected chi connectivity index (χ1v) is 4.68. The molecule has 72 valence electrons. The van der Waals surface area contributed by atoms with Crippen molar-refractivity contribution in [1.82, 2.24) is 9.97 Å². The summed E-state index contributed by atoms with van der Waals surface area (Å²) in [5.41, 5.74) is 1.09. The number of nitrogens with zero attached hydrogens (tertiary/aromatic N) is 1. The lowest BCUT2D eigenvalue weighted by Gasteiger charge is -2.07. The molecule has 1 unspecified atom stereocenters. The van der Waals surface area contributed by atoms with Crippen molar-refractivity contribution in [3.05, 3.63) is 11.9 Å². The second-order valence-corrected chi connectivity index (χ2v) is 3.53. The van der Waals surface area contributed by atoms with Crippen molar-refractivity contribution in [3.8, 4) is 0 Å². The van der Waals surface area contributed by atoms with Crippen molar-refractivity contribution in [2.45, 2.75) is 13.3 Å². The van der Waals surface area contributed by atoms with Gasteiger partial charge >= 0.3 is 0 Å². The molecule has 1 fully saturated rings. The van der Waals surface area contributed by atoms with Gasteiger partial charge in [-0.15, -0.1) is 0 Å². The lowest BCUT2D eigenvalue weighted by atomic mass is 10.1. The van der Waals surface area contributed by atoms with Crippen molar-refractivity contribution in [1.29, 1.82) is 0 Å². The first kappa shape index (κ1) is 8.56. The molecule has 0 saturated carbocycles. The molecule has 1 saturated heterocycles. The summed E-state index contributed by atoms with van der Waals surface area (Å²) in [6, 6.07) is 0. The molecule has 0 aromatic carbocycles. The molecule has 4 heteroatoms. The van der Waals surface area contributed by atoms with E-state index in [0.717, 1.165) is 37.8 Å². The lowest BCUT2D eigenvalue weighted by Crippen LogP contribution is -2.14. The van der Waals surface area contributed by atoms with Gasteiger partial charge < -0.3 is 15.0 Å². The van der Waals surface area contributed by atoms with E-state index < -0.39 is 0 Å². The van der Waals surface area contributed by atoms with Gasteiger partial charge in [0, 0.05) is 31.0 Å². The fourth-order valence-electron chi connectivity index (χ4n) is 1.49. The first-order valence-electron chi connectivity index (χ1n) is 4.68. The number of anilines is 1. The Morgan fingerprint density at radius 1 is 1.77 bits per heavy atom. The van der Waals surface area contributed by atoms with Crippen LogP contribution in [0.3, 0.4) is 0 Å². The average molecular weight is 181 g/mol. The third-order valence-electron chi connectivity index (χ3n) is 2.29. The number of ether oxygens (including phenoxy) is 1. The average Bonchev–Trinajstić information content (AvgIpc) is 2.71. The Kier molecular flexibility index (Phi) is 2.49. The SMILES string of the molecule is Cc1cnc(NCC2CCOC2)[nH]1. The van der Waals surface area contributed by atoms with Crippen LogP contribution in [0, 0.1) is 12.8 Å². The molecule has 0 radical (unpaired) electrons. The minimum Gasteiger partial charge on any atom is -0.381 e. The van der Waals surface area contributed by atoms with E-state index in [2.05, 4.69) is 15.3 Å². The number of aromatic nitrogens is 2. The van der Waals surface area contributed by atoms with Crippen LogP contribution in [-0.4, -0.2) is 29.7 Å². The highest BCUT2D eigenvalue weighted by molar-refractivity contribution is 5.25. The van der Waals surface area contributed by atoms with Gasteiger partial charge in [-0.1, -0.05) is 0 Å². The Hall–Kier alpha value is -1.03. The molecule has 1 aliphatic heterocycles. The number of aromatic amines is 1. The van der Waals surface area contributed by atoms with Crippen LogP contribution in [0.25, 0.3) is 0 Å². The van der Waals surface area contributed by atoms with Gasteiger partial charge in [-0.25, -0.2) is 4.98 Å². The van der Waals surface area contributed by atoms with Crippen molar-refractivity contribution >= 4 is 5.95 Å². The fourth-order valence-corrected chi connectivity index (χ4v) is 1.49. The molecule has 1 aromatic rings. The van der Waals surface area contributed by atoms with Crippen LogP contribution in [0.4, 0.5) is 5.95 Å². The van der Waals surface area contributed by atoms with E-state index in [1.54, 1.807) is 0 Å². The number of imidazole rings is 1. The molecule has 1 atom stereocenters. The van der Waals surface area contributed by atoms with Crippen molar-refractivity contribution in [2.24, 2.45) is 5.92 Å². The topological polar surface area (TPSA) is 49.9 Å². The Labute approximate surface area is 77.7 Å². The van der Waals surface area contributed by atoms with Crippen molar-refractivity contribution in [2.75, 3.05) is 25.1 Å². The van der Waals surface area contributed by atoms with Crippen LogP contribution in [0.5, 0.6) is 0 Å². The molecule has 2 N–H and O–H groups in total. The van der Waals surface area contributed by atoms with Gasteiger partial charge in [0.2, 0.25) is 0 Å². The fraction of sp³-hybridized carbons (Fsp3) is 0.667. The zero-order chi connectivity index (χ0) is 9.10. The molecule has 2 heterocycles. The zero-order valence-corrected chi connectivity index (χ0v) is 7.84. The van der Waals surface area contributed by atoms with E-state index in [1.165, 1.54) is 0 Å². The Morgan fingerprint density at radius 3 is 3.31 bits per heavy atom. The summed E-state index contributed by atoms with van der Waals surface area (Å²) in [6.07, 6.45) is 2.99. The van der Waals surface area contributed by atoms with E-state index in [4.69, 9.17) is 4.74 Å². The molecule has 2 rings (SSSR count). The van der Waals surface area contributed by atoms with Gasteiger partial charge in [-0.05, 0) is 13.3 Å². The van der Waals surface area contributed by atoms with Crippen LogP contribution in [0.15, 0.2) is 6.20 Å². The van der Waals surface area contributed by atoms with Crippen LogP contribution in [0.2, 0.25) is 0 Å². The smallest absolute Gasteiger partial charge is 0.200 e. The van der Waals surface area contributed by atoms with Crippen molar-refractivity contribution < 1.29 is 4.74 Å². The van der Waals surface area contributed by atoms with Crippen LogP contribution in [-0.2, 0) is 4.74 Å². The van der Waals surface area contributed by atoms with Gasteiger partial charge in [-0.2, -0.15) is 0 Å². The lowest BCUT2D eigenvalue weighted by molar-refractivity contribution is 0.187. The Balaban J connectivity index is 1.78. The van der Waals surface area contributed by atoms with Gasteiger partial charge in [0.05, 0.1) is 6.61 Å². The summed E-state index contributed by atoms with van der Waals surface area (Å²) in [5, 5.41) is 3.26. The maximum absolute atomic E-state index is 5.28. The van der Waals surface area contributed by atoms with E-state index in [9.17, 15) is 0 Å². The second kappa shape index (κ2) is 3.79. The highest BCUT2D eigenvalue weighted by Gasteiger charge is 2.15. The highest BCUT2D eigenvalue weighted by Crippen LogP contribution is 2.12. The monoisotopic (exact) mass is 181 g/mol. The molecule has 0 amide bonds. The van der Waals surface area contributed by atoms with Crippen LogP contribution < -0.4 is 5.32 Å². The van der Waals surface area contributed by atoms with Crippen molar-refractivity contribution in [3.63, 3.8) is 0 Å². The molecule has 0 aliphatic carbocycles. The summed E-state index contributed by atoms with van der Waals surface area (Å²) in [5.74, 6) is 1.51. The van der Waals surface area contributed by atoms with E-state index in [1.807, 2.05) is 13.1 Å². The van der Waals surface area contributed by atoms with Crippen LogP contribution >= 0.6 is 0 Å². The first-order chi connectivity index (χ1) is 6.34. The summed E-state index contributed by atoms with van der Waals surface area (Å²) in [7, 11) is 0. The molecular formula is C9H15N3O. The van der Waals surface area contributed by atoms with E-state index in [0.29, 0.717) is 5.92 Å². The third-order valence-corrected chi connectivity index (χ3v) is 2.29. The number of H-pyrrole nitrogens is 1. The van der Waals surface area contributed by atoms with Gasteiger partial charge in [0.1, 0.15) is 0 Å². The minimum absolute atomic E-state index is 0.644. The number of nitrogens with one attached hydrogen (secondary N) is 2. The van der Waals surface area contributed by atoms with Gasteiger partial charge in [0.15, 0.2) is 5.95 Å². The molecular weight excluding hydrogens is 166 g/mol. The number of hydrogen-bond donors (Lipinski definition) is 2.